The molecule has 0 radical (unpaired) electrons. The first-order valence-electron chi connectivity index (χ1n) is 8.20. The topological polar surface area (TPSA) is 69.6 Å². The van der Waals surface area contributed by atoms with Crippen LogP contribution in [0.15, 0.2) is 0 Å². The molecule has 2 rings (SSSR count). The van der Waals surface area contributed by atoms with Gasteiger partial charge in [0.15, 0.2) is 0 Å². The quantitative estimate of drug-likeness (QED) is 0.821. The minimum atomic E-state index is -0.103. The molecule has 5 heteroatoms. The predicted molar refractivity (Wildman–Crippen MR) is 80.6 cm³/mol. The van der Waals surface area contributed by atoms with Crippen LogP contribution >= 0.6 is 0 Å². The monoisotopic (exact) mass is 296 g/mol. The van der Waals surface area contributed by atoms with Gasteiger partial charge in [0.25, 0.3) is 0 Å². The maximum atomic E-state index is 12.3. The average molecular weight is 296 g/mol. The van der Waals surface area contributed by atoms with E-state index in [1.165, 1.54) is 6.42 Å². The Kier molecular flexibility index (Phi) is 5.62. The first-order chi connectivity index (χ1) is 10.1. The Bertz CT molecular complexity index is 370. The molecular formula is C16H28N2O3. The third-order valence-electron chi connectivity index (χ3n) is 5.20. The van der Waals surface area contributed by atoms with Crippen LogP contribution in [-0.2, 0) is 9.59 Å². The molecule has 2 amide bonds. The molecule has 5 nitrogen and oxygen atoms in total. The fraction of sp³-hybridized carbons (Fsp3) is 0.875. The van der Waals surface area contributed by atoms with Crippen LogP contribution in [0.5, 0.6) is 0 Å². The van der Waals surface area contributed by atoms with Gasteiger partial charge in [-0.1, -0.05) is 19.3 Å². The van der Waals surface area contributed by atoms with E-state index in [2.05, 4.69) is 5.32 Å². The summed E-state index contributed by atoms with van der Waals surface area (Å²) < 4.78 is 0. The van der Waals surface area contributed by atoms with E-state index in [1.807, 2.05) is 0 Å². The van der Waals surface area contributed by atoms with Crippen molar-refractivity contribution in [2.24, 2.45) is 11.3 Å². The van der Waals surface area contributed by atoms with Crippen molar-refractivity contribution in [3.05, 3.63) is 0 Å². The lowest BCUT2D eigenvalue weighted by molar-refractivity contribution is -0.134. The first-order valence-corrected chi connectivity index (χ1v) is 8.20. The minimum absolute atomic E-state index is 0.0138. The number of aliphatic hydroxyl groups excluding tert-OH is 1. The fourth-order valence-corrected chi connectivity index (χ4v) is 3.57. The van der Waals surface area contributed by atoms with Crippen molar-refractivity contribution in [1.82, 2.24) is 10.2 Å². The predicted octanol–water partition coefficient (Wildman–Crippen LogP) is 1.30. The molecule has 120 valence electrons. The Balaban J connectivity index is 1.78. The lowest BCUT2D eigenvalue weighted by Crippen LogP contribution is -2.46. The second-order valence-corrected chi connectivity index (χ2v) is 6.72. The molecular weight excluding hydrogens is 268 g/mol. The number of hydrogen-bond acceptors (Lipinski definition) is 3. The summed E-state index contributed by atoms with van der Waals surface area (Å²) in [6.07, 6.45) is 7.04. The molecule has 0 aromatic carbocycles. The van der Waals surface area contributed by atoms with Gasteiger partial charge < -0.3 is 15.3 Å². The van der Waals surface area contributed by atoms with E-state index in [4.69, 9.17) is 0 Å². The van der Waals surface area contributed by atoms with Crippen LogP contribution in [0.3, 0.4) is 0 Å². The third-order valence-corrected chi connectivity index (χ3v) is 5.20. The van der Waals surface area contributed by atoms with E-state index in [0.717, 1.165) is 38.5 Å². The second-order valence-electron chi connectivity index (χ2n) is 6.72. The number of rotatable bonds is 4. The summed E-state index contributed by atoms with van der Waals surface area (Å²) in [5.74, 6) is 0.201. The van der Waals surface area contributed by atoms with Crippen molar-refractivity contribution in [1.29, 1.82) is 0 Å². The van der Waals surface area contributed by atoms with Crippen LogP contribution in [-0.4, -0.2) is 48.1 Å². The molecule has 1 aliphatic heterocycles. The van der Waals surface area contributed by atoms with Crippen molar-refractivity contribution in [2.75, 3.05) is 26.2 Å². The fourth-order valence-electron chi connectivity index (χ4n) is 3.57. The average Bonchev–Trinajstić information content (AvgIpc) is 2.53. The van der Waals surface area contributed by atoms with Gasteiger partial charge in [-0.05, 0) is 25.7 Å². The van der Waals surface area contributed by atoms with Gasteiger partial charge in [0.05, 0.1) is 6.61 Å². The highest BCUT2D eigenvalue weighted by Crippen LogP contribution is 2.35. The Hall–Kier alpha value is -1.10. The maximum absolute atomic E-state index is 12.3. The molecule has 2 N–H and O–H groups in total. The Labute approximate surface area is 127 Å². The van der Waals surface area contributed by atoms with Crippen molar-refractivity contribution in [2.45, 2.75) is 51.9 Å². The van der Waals surface area contributed by atoms with E-state index in [0.29, 0.717) is 19.6 Å². The van der Waals surface area contributed by atoms with E-state index in [9.17, 15) is 14.7 Å². The first kappa shape index (κ1) is 16.3. The van der Waals surface area contributed by atoms with Crippen LogP contribution in [0.25, 0.3) is 0 Å². The van der Waals surface area contributed by atoms with E-state index < -0.39 is 0 Å². The minimum Gasteiger partial charge on any atom is -0.396 e. The highest BCUT2D eigenvalue weighted by Gasteiger charge is 2.33. The summed E-state index contributed by atoms with van der Waals surface area (Å²) >= 11 is 0. The SMILES string of the molecule is CC(=O)N1CCC(C(=O)NCC2(CO)CCCCC2)CC1. The molecule has 0 unspecified atom stereocenters. The number of carbonyl (C=O) groups excluding carboxylic acids is 2. The summed E-state index contributed by atoms with van der Waals surface area (Å²) in [7, 11) is 0. The van der Waals surface area contributed by atoms with Crippen molar-refractivity contribution in [3.8, 4) is 0 Å². The summed E-state index contributed by atoms with van der Waals surface area (Å²) in [6, 6.07) is 0. The molecule has 1 saturated heterocycles. The molecule has 0 aromatic rings. The van der Waals surface area contributed by atoms with Crippen LogP contribution < -0.4 is 5.32 Å². The lowest BCUT2D eigenvalue weighted by atomic mass is 9.74. The lowest BCUT2D eigenvalue weighted by Gasteiger charge is -2.36. The van der Waals surface area contributed by atoms with Crippen LogP contribution in [0.4, 0.5) is 0 Å². The molecule has 0 bridgehead atoms. The van der Waals surface area contributed by atoms with Crippen molar-refractivity contribution >= 4 is 11.8 Å². The smallest absolute Gasteiger partial charge is 0.223 e. The standard InChI is InChI=1S/C16H28N2O3/c1-13(20)18-9-5-14(6-10-18)15(21)17-11-16(12-19)7-3-2-4-8-16/h14,19H,2-12H2,1H3,(H,17,21). The number of nitrogens with zero attached hydrogens (tertiary/aromatic N) is 1. The van der Waals surface area contributed by atoms with E-state index in [-0.39, 0.29) is 29.8 Å². The number of amides is 2. The van der Waals surface area contributed by atoms with Crippen LogP contribution in [0.1, 0.15) is 51.9 Å². The van der Waals surface area contributed by atoms with Gasteiger partial charge in [0.2, 0.25) is 11.8 Å². The maximum Gasteiger partial charge on any atom is 0.223 e. The van der Waals surface area contributed by atoms with Gasteiger partial charge in [0.1, 0.15) is 0 Å². The van der Waals surface area contributed by atoms with Crippen molar-refractivity contribution in [3.63, 3.8) is 0 Å². The summed E-state index contributed by atoms with van der Waals surface area (Å²) in [6.45, 7) is 3.69. The molecule has 21 heavy (non-hydrogen) atoms. The van der Waals surface area contributed by atoms with Gasteiger partial charge in [0, 0.05) is 37.9 Å². The molecule has 1 aliphatic carbocycles. The van der Waals surface area contributed by atoms with Gasteiger partial charge in [-0.3, -0.25) is 9.59 Å². The molecule has 2 aliphatic rings. The number of nitrogens with one attached hydrogen (secondary N) is 1. The zero-order valence-electron chi connectivity index (χ0n) is 13.1. The Morgan fingerprint density at radius 1 is 1.19 bits per heavy atom. The van der Waals surface area contributed by atoms with Crippen LogP contribution in [0.2, 0.25) is 0 Å². The molecule has 0 atom stereocenters. The van der Waals surface area contributed by atoms with Gasteiger partial charge in [-0.2, -0.15) is 0 Å². The molecule has 0 aromatic heterocycles. The Morgan fingerprint density at radius 3 is 2.33 bits per heavy atom. The van der Waals surface area contributed by atoms with Gasteiger partial charge >= 0.3 is 0 Å². The number of carbonyl (C=O) groups is 2. The van der Waals surface area contributed by atoms with E-state index >= 15 is 0 Å². The summed E-state index contributed by atoms with van der Waals surface area (Å²) in [5.41, 5.74) is -0.103. The summed E-state index contributed by atoms with van der Waals surface area (Å²) in [4.78, 5) is 25.4. The third kappa shape index (κ3) is 4.19. The molecule has 1 heterocycles. The zero-order chi connectivity index (χ0) is 15.3. The van der Waals surface area contributed by atoms with Gasteiger partial charge in [-0.25, -0.2) is 0 Å². The van der Waals surface area contributed by atoms with Crippen molar-refractivity contribution < 1.29 is 14.7 Å². The summed E-state index contributed by atoms with van der Waals surface area (Å²) in [5, 5.41) is 12.7. The number of likely N-dealkylation sites (tertiary alicyclic amines) is 1. The molecule has 1 saturated carbocycles. The normalized spacial score (nSPS) is 22.9. The van der Waals surface area contributed by atoms with Gasteiger partial charge in [-0.15, -0.1) is 0 Å². The van der Waals surface area contributed by atoms with E-state index in [1.54, 1.807) is 11.8 Å². The molecule has 0 spiro atoms. The van der Waals surface area contributed by atoms with Crippen LogP contribution in [0, 0.1) is 11.3 Å². The highest BCUT2D eigenvalue weighted by atomic mass is 16.3. The highest BCUT2D eigenvalue weighted by molar-refractivity contribution is 5.79. The number of piperidine rings is 1. The number of hydrogen-bond donors (Lipinski definition) is 2. The Morgan fingerprint density at radius 2 is 1.81 bits per heavy atom. The largest absolute Gasteiger partial charge is 0.396 e. The zero-order valence-corrected chi connectivity index (χ0v) is 13.1. The number of aliphatic hydroxyl groups is 1. The molecule has 2 fully saturated rings. The second kappa shape index (κ2) is 7.25.